The van der Waals surface area contributed by atoms with Crippen LogP contribution in [0.3, 0.4) is 0 Å². The van der Waals surface area contributed by atoms with Gasteiger partial charge in [-0.15, -0.1) is 10.2 Å². The van der Waals surface area contributed by atoms with Gasteiger partial charge in [0.1, 0.15) is 0 Å². The maximum absolute atomic E-state index is 5.90. The lowest BCUT2D eigenvalue weighted by molar-refractivity contribution is 0.432. The van der Waals surface area contributed by atoms with Gasteiger partial charge in [-0.05, 0) is 5.92 Å². The predicted molar refractivity (Wildman–Crippen MR) is 51.0 cm³/mol. The Labute approximate surface area is 77.1 Å². The highest BCUT2D eigenvalue weighted by atomic mass is 15.4. The first-order chi connectivity index (χ1) is 6.07. The predicted octanol–water partition coefficient (Wildman–Crippen LogP) is -0.380. The molecule has 6 nitrogen and oxygen atoms in total. The second-order valence-electron chi connectivity index (χ2n) is 3.20. The molecule has 0 bridgehead atoms. The van der Waals surface area contributed by atoms with Crippen molar-refractivity contribution in [1.29, 1.82) is 0 Å². The molecule has 0 saturated carbocycles. The monoisotopic (exact) mass is 184 g/mol. The zero-order valence-corrected chi connectivity index (χ0v) is 7.94. The summed E-state index contributed by atoms with van der Waals surface area (Å²) in [5.41, 5.74) is 11.3. The van der Waals surface area contributed by atoms with Gasteiger partial charge in [-0.3, -0.25) is 0 Å². The zero-order chi connectivity index (χ0) is 10.0. The fourth-order valence-corrected chi connectivity index (χ4v) is 1.05. The van der Waals surface area contributed by atoms with Crippen LogP contribution in [0.5, 0.6) is 0 Å². The summed E-state index contributed by atoms with van der Waals surface area (Å²) in [6.45, 7) is 4.10. The van der Waals surface area contributed by atoms with E-state index in [4.69, 9.17) is 17.3 Å². The van der Waals surface area contributed by atoms with Crippen molar-refractivity contribution in [3.05, 3.63) is 5.82 Å². The smallest absolute Gasteiger partial charge is 0.240 e. The Morgan fingerprint density at radius 2 is 2.08 bits per heavy atom. The molecule has 74 valence electrons. The van der Waals surface area contributed by atoms with E-state index in [2.05, 4.69) is 17.1 Å². The number of nitrogens with zero attached hydrogens (tertiary/aromatic N) is 3. The number of hydrogen-bond donors (Lipinski definition) is 3. The molecule has 0 aliphatic rings. The van der Waals surface area contributed by atoms with E-state index in [9.17, 15) is 0 Å². The number of rotatable bonds is 3. The molecular formula is C7H16N6. The lowest BCUT2D eigenvalue weighted by Gasteiger charge is -2.16. The van der Waals surface area contributed by atoms with Crippen LogP contribution in [0.1, 0.15) is 32.1 Å². The minimum atomic E-state index is -0.209. The van der Waals surface area contributed by atoms with E-state index in [0.717, 1.165) is 6.42 Å². The standard InChI is InChI=1S/C7H16N6/c1-3-4(2)5(8)6-11-12-7(9)13(6)10/h4-5H,3,8,10H2,1-2H3,(H2,9,12)/t4-,5-/m0/s1. The molecule has 2 atom stereocenters. The molecule has 0 spiro atoms. The van der Waals surface area contributed by atoms with Gasteiger partial charge in [0, 0.05) is 0 Å². The quantitative estimate of drug-likeness (QED) is 0.555. The summed E-state index contributed by atoms with van der Waals surface area (Å²) in [4.78, 5) is 0. The largest absolute Gasteiger partial charge is 0.366 e. The normalized spacial score (nSPS) is 15.6. The Hall–Kier alpha value is -1.30. The van der Waals surface area contributed by atoms with Crippen LogP contribution in [0.15, 0.2) is 0 Å². The molecule has 0 aliphatic carbocycles. The van der Waals surface area contributed by atoms with Crippen LogP contribution in [0.2, 0.25) is 0 Å². The summed E-state index contributed by atoms with van der Waals surface area (Å²) < 4.78 is 1.23. The van der Waals surface area contributed by atoms with Gasteiger partial charge in [-0.25, -0.2) is 4.68 Å². The SMILES string of the molecule is CC[C@H](C)[C@H](N)c1nnc(N)n1N. The highest BCUT2D eigenvalue weighted by molar-refractivity contribution is 5.18. The van der Waals surface area contributed by atoms with Crippen molar-refractivity contribution >= 4 is 5.95 Å². The Kier molecular flexibility index (Phi) is 2.72. The molecule has 13 heavy (non-hydrogen) atoms. The minimum absolute atomic E-state index is 0.189. The van der Waals surface area contributed by atoms with Gasteiger partial charge < -0.3 is 17.3 Å². The van der Waals surface area contributed by atoms with E-state index in [1.54, 1.807) is 0 Å². The Morgan fingerprint density at radius 1 is 1.46 bits per heavy atom. The van der Waals surface area contributed by atoms with Crippen LogP contribution < -0.4 is 17.3 Å². The van der Waals surface area contributed by atoms with Crippen LogP contribution in [0.4, 0.5) is 5.95 Å². The van der Waals surface area contributed by atoms with Gasteiger partial charge in [0.15, 0.2) is 5.82 Å². The molecule has 0 aliphatic heterocycles. The average Bonchev–Trinajstić information content (AvgIpc) is 2.45. The number of nitrogens with two attached hydrogens (primary N) is 3. The van der Waals surface area contributed by atoms with Crippen molar-refractivity contribution < 1.29 is 0 Å². The van der Waals surface area contributed by atoms with Crippen molar-refractivity contribution in [3.63, 3.8) is 0 Å². The fourth-order valence-electron chi connectivity index (χ4n) is 1.05. The molecule has 1 aromatic heterocycles. The molecule has 0 amide bonds. The van der Waals surface area contributed by atoms with Gasteiger partial charge >= 0.3 is 0 Å². The Balaban J connectivity index is 2.88. The van der Waals surface area contributed by atoms with E-state index >= 15 is 0 Å². The van der Waals surface area contributed by atoms with Crippen molar-refractivity contribution in [3.8, 4) is 0 Å². The molecule has 1 rings (SSSR count). The highest BCUT2D eigenvalue weighted by Crippen LogP contribution is 2.19. The number of hydrogen-bond acceptors (Lipinski definition) is 5. The van der Waals surface area contributed by atoms with Crippen LogP contribution >= 0.6 is 0 Å². The molecule has 6 heteroatoms. The molecule has 0 unspecified atom stereocenters. The van der Waals surface area contributed by atoms with Gasteiger partial charge in [-0.2, -0.15) is 0 Å². The third kappa shape index (κ3) is 1.72. The summed E-state index contributed by atoms with van der Waals surface area (Å²) in [6.07, 6.45) is 0.966. The van der Waals surface area contributed by atoms with Crippen molar-refractivity contribution in [2.24, 2.45) is 11.7 Å². The molecule has 0 radical (unpaired) electrons. The molecule has 1 aromatic rings. The lowest BCUT2D eigenvalue weighted by atomic mass is 10.00. The van der Waals surface area contributed by atoms with E-state index in [1.165, 1.54) is 4.68 Å². The van der Waals surface area contributed by atoms with Gasteiger partial charge in [0.05, 0.1) is 6.04 Å². The first-order valence-corrected chi connectivity index (χ1v) is 4.29. The summed E-state index contributed by atoms with van der Waals surface area (Å²) >= 11 is 0. The second kappa shape index (κ2) is 3.61. The average molecular weight is 184 g/mol. The van der Waals surface area contributed by atoms with Crippen molar-refractivity contribution in [2.75, 3.05) is 11.6 Å². The molecule has 1 heterocycles. The fraction of sp³-hybridized carbons (Fsp3) is 0.714. The highest BCUT2D eigenvalue weighted by Gasteiger charge is 2.19. The van der Waals surface area contributed by atoms with Crippen molar-refractivity contribution in [2.45, 2.75) is 26.3 Å². The third-order valence-electron chi connectivity index (χ3n) is 2.30. The van der Waals surface area contributed by atoms with E-state index < -0.39 is 0 Å². The van der Waals surface area contributed by atoms with Crippen LogP contribution in [-0.2, 0) is 0 Å². The molecule has 0 saturated heterocycles. The maximum Gasteiger partial charge on any atom is 0.240 e. The maximum atomic E-state index is 5.90. The molecular weight excluding hydrogens is 168 g/mol. The first kappa shape index (κ1) is 9.79. The number of anilines is 1. The Bertz CT molecular complexity index is 281. The van der Waals surface area contributed by atoms with E-state index in [1.807, 2.05) is 6.92 Å². The zero-order valence-electron chi connectivity index (χ0n) is 7.94. The van der Waals surface area contributed by atoms with Gasteiger partial charge in [0.25, 0.3) is 0 Å². The summed E-state index contributed by atoms with van der Waals surface area (Å²) in [5, 5.41) is 7.46. The summed E-state index contributed by atoms with van der Waals surface area (Å²) in [5.74, 6) is 6.62. The summed E-state index contributed by atoms with van der Waals surface area (Å²) in [7, 11) is 0. The van der Waals surface area contributed by atoms with Crippen LogP contribution in [0, 0.1) is 5.92 Å². The lowest BCUT2D eigenvalue weighted by Crippen LogP contribution is -2.26. The second-order valence-corrected chi connectivity index (χ2v) is 3.20. The van der Waals surface area contributed by atoms with Gasteiger partial charge in [-0.1, -0.05) is 20.3 Å². The number of nitrogen functional groups attached to an aromatic ring is 2. The van der Waals surface area contributed by atoms with E-state index in [-0.39, 0.29) is 12.0 Å². The molecule has 6 N–H and O–H groups in total. The summed E-state index contributed by atoms with van der Waals surface area (Å²) in [6, 6.07) is -0.209. The van der Waals surface area contributed by atoms with Crippen LogP contribution in [0.25, 0.3) is 0 Å². The third-order valence-corrected chi connectivity index (χ3v) is 2.30. The van der Waals surface area contributed by atoms with E-state index in [0.29, 0.717) is 11.7 Å². The number of aromatic nitrogens is 3. The Morgan fingerprint density at radius 3 is 2.46 bits per heavy atom. The topological polar surface area (TPSA) is 109 Å². The van der Waals surface area contributed by atoms with Gasteiger partial charge in [0.2, 0.25) is 5.95 Å². The minimum Gasteiger partial charge on any atom is -0.366 e. The molecule has 0 fully saturated rings. The van der Waals surface area contributed by atoms with Crippen molar-refractivity contribution in [1.82, 2.24) is 14.9 Å². The van der Waals surface area contributed by atoms with Crippen LogP contribution in [-0.4, -0.2) is 14.9 Å². The molecule has 0 aromatic carbocycles. The first-order valence-electron chi connectivity index (χ1n) is 4.29.